The predicted molar refractivity (Wildman–Crippen MR) is 65.7 cm³/mol. The van der Waals surface area contributed by atoms with Gasteiger partial charge in [-0.05, 0) is 56.3 Å². The fraction of sp³-hybridized carbons (Fsp3) is 0.538. The van der Waals surface area contributed by atoms with Gasteiger partial charge < -0.3 is 5.32 Å². The molecule has 82 valence electrons. The summed E-state index contributed by atoms with van der Waals surface area (Å²) in [5, 5.41) is 4.30. The lowest BCUT2D eigenvalue weighted by molar-refractivity contribution is 0.437. The van der Waals surface area contributed by atoms with Gasteiger partial charge in [-0.15, -0.1) is 0 Å². The van der Waals surface area contributed by atoms with Crippen LogP contribution >= 0.6 is 11.6 Å². The Labute approximate surface area is 96.8 Å². The van der Waals surface area contributed by atoms with Gasteiger partial charge in [0.2, 0.25) is 0 Å². The van der Waals surface area contributed by atoms with E-state index >= 15 is 0 Å². The van der Waals surface area contributed by atoms with Crippen LogP contribution in [0.1, 0.15) is 36.8 Å². The number of fused-ring (bicyclic) bond motifs is 1. The molecule has 0 heterocycles. The van der Waals surface area contributed by atoms with E-state index in [0.29, 0.717) is 12.0 Å². The minimum atomic E-state index is 0.530. The summed E-state index contributed by atoms with van der Waals surface area (Å²) < 4.78 is 0. The molecule has 2 unspecified atom stereocenters. The number of benzene rings is 1. The van der Waals surface area contributed by atoms with Crippen molar-refractivity contribution in [2.75, 3.05) is 7.05 Å². The average Bonchev–Trinajstić information content (AvgIpc) is 2.28. The molecule has 0 spiro atoms. The zero-order chi connectivity index (χ0) is 10.8. The van der Waals surface area contributed by atoms with E-state index in [1.54, 1.807) is 0 Å². The van der Waals surface area contributed by atoms with Gasteiger partial charge in [0.05, 0.1) is 0 Å². The number of likely N-dealkylation sites (N-methyl/N-ethyl adjacent to an activating group) is 1. The summed E-state index contributed by atoms with van der Waals surface area (Å²) in [5.74, 6) is 0.623. The number of halogens is 1. The second-order valence-corrected chi connectivity index (χ2v) is 4.79. The number of hydrogen-bond donors (Lipinski definition) is 1. The van der Waals surface area contributed by atoms with E-state index < -0.39 is 0 Å². The Kier molecular flexibility index (Phi) is 3.32. The van der Waals surface area contributed by atoms with Crippen LogP contribution in [0.3, 0.4) is 0 Å². The monoisotopic (exact) mass is 223 g/mol. The highest BCUT2D eigenvalue weighted by Crippen LogP contribution is 2.36. The highest BCUT2D eigenvalue weighted by Gasteiger charge is 2.25. The van der Waals surface area contributed by atoms with Crippen LogP contribution in [0.4, 0.5) is 0 Å². The molecule has 2 rings (SSSR count). The molecule has 15 heavy (non-hydrogen) atoms. The predicted octanol–water partition coefficient (Wildman–Crippen LogP) is 3.37. The molecule has 0 amide bonds. The van der Waals surface area contributed by atoms with Crippen LogP contribution in [0.15, 0.2) is 18.2 Å². The standard InChI is InChI=1S/C13H18ClN/c1-9(15-2)10-5-3-7-12-11(10)6-4-8-13(12)14/h4,6,8-10,15H,3,5,7H2,1-2H3. The van der Waals surface area contributed by atoms with Crippen LogP contribution in [0.25, 0.3) is 0 Å². The SMILES string of the molecule is CNC(C)C1CCCc2c(Cl)cccc21. The Morgan fingerprint density at radius 1 is 1.47 bits per heavy atom. The molecule has 0 saturated heterocycles. The minimum Gasteiger partial charge on any atom is -0.317 e. The van der Waals surface area contributed by atoms with Crippen LogP contribution in [-0.4, -0.2) is 13.1 Å². The third kappa shape index (κ3) is 2.04. The van der Waals surface area contributed by atoms with Crippen molar-refractivity contribution in [2.45, 2.75) is 38.1 Å². The van der Waals surface area contributed by atoms with Crippen molar-refractivity contribution in [1.82, 2.24) is 5.32 Å². The highest BCUT2D eigenvalue weighted by atomic mass is 35.5. The topological polar surface area (TPSA) is 12.0 Å². The van der Waals surface area contributed by atoms with E-state index in [0.717, 1.165) is 11.4 Å². The molecule has 1 aromatic rings. The van der Waals surface area contributed by atoms with E-state index in [9.17, 15) is 0 Å². The number of nitrogens with one attached hydrogen (secondary N) is 1. The van der Waals surface area contributed by atoms with Crippen molar-refractivity contribution in [3.8, 4) is 0 Å². The summed E-state index contributed by atoms with van der Waals surface area (Å²) >= 11 is 6.23. The molecule has 0 fully saturated rings. The van der Waals surface area contributed by atoms with Gasteiger partial charge in [0.1, 0.15) is 0 Å². The van der Waals surface area contributed by atoms with Crippen LogP contribution < -0.4 is 5.32 Å². The summed E-state index contributed by atoms with van der Waals surface area (Å²) in [4.78, 5) is 0. The fourth-order valence-electron chi connectivity index (χ4n) is 2.56. The van der Waals surface area contributed by atoms with Crippen molar-refractivity contribution in [1.29, 1.82) is 0 Å². The Hall–Kier alpha value is -0.530. The summed E-state index contributed by atoms with van der Waals surface area (Å²) in [6, 6.07) is 6.84. The van der Waals surface area contributed by atoms with Gasteiger partial charge in [-0.25, -0.2) is 0 Å². The molecule has 0 saturated carbocycles. The van der Waals surface area contributed by atoms with Gasteiger partial charge >= 0.3 is 0 Å². The quantitative estimate of drug-likeness (QED) is 0.811. The van der Waals surface area contributed by atoms with Crippen molar-refractivity contribution in [2.24, 2.45) is 0 Å². The largest absolute Gasteiger partial charge is 0.317 e. The van der Waals surface area contributed by atoms with Gasteiger partial charge in [0.15, 0.2) is 0 Å². The lowest BCUT2D eigenvalue weighted by Gasteiger charge is -2.30. The maximum atomic E-state index is 6.23. The zero-order valence-electron chi connectivity index (χ0n) is 9.39. The molecule has 1 aromatic carbocycles. The molecule has 1 N–H and O–H groups in total. The fourth-order valence-corrected chi connectivity index (χ4v) is 2.84. The Morgan fingerprint density at radius 2 is 2.27 bits per heavy atom. The van der Waals surface area contributed by atoms with E-state index in [4.69, 9.17) is 11.6 Å². The average molecular weight is 224 g/mol. The first-order valence-corrected chi connectivity index (χ1v) is 6.06. The number of rotatable bonds is 2. The van der Waals surface area contributed by atoms with E-state index in [1.165, 1.54) is 24.0 Å². The Balaban J connectivity index is 2.38. The lowest BCUT2D eigenvalue weighted by Crippen LogP contribution is -2.31. The zero-order valence-corrected chi connectivity index (χ0v) is 10.1. The first-order chi connectivity index (χ1) is 7.24. The summed E-state index contributed by atoms with van der Waals surface area (Å²) in [6.45, 7) is 2.25. The Bertz CT molecular complexity index is 348. The third-order valence-electron chi connectivity index (χ3n) is 3.56. The highest BCUT2D eigenvalue weighted by molar-refractivity contribution is 6.31. The lowest BCUT2D eigenvalue weighted by atomic mass is 9.79. The summed E-state index contributed by atoms with van der Waals surface area (Å²) in [5.41, 5.74) is 2.83. The van der Waals surface area contributed by atoms with Crippen LogP contribution in [-0.2, 0) is 6.42 Å². The van der Waals surface area contributed by atoms with E-state index in [2.05, 4.69) is 24.4 Å². The first kappa shape index (κ1) is 11.0. The van der Waals surface area contributed by atoms with Crippen LogP contribution in [0, 0.1) is 0 Å². The molecule has 0 aliphatic heterocycles. The smallest absolute Gasteiger partial charge is 0.0440 e. The Morgan fingerprint density at radius 3 is 3.00 bits per heavy atom. The maximum Gasteiger partial charge on any atom is 0.0440 e. The molecular weight excluding hydrogens is 206 g/mol. The van der Waals surface area contributed by atoms with Crippen molar-refractivity contribution < 1.29 is 0 Å². The molecular formula is C13H18ClN. The van der Waals surface area contributed by atoms with Crippen molar-refractivity contribution in [3.05, 3.63) is 34.3 Å². The van der Waals surface area contributed by atoms with Gasteiger partial charge in [0, 0.05) is 11.1 Å². The second kappa shape index (κ2) is 4.54. The van der Waals surface area contributed by atoms with Gasteiger partial charge in [0.25, 0.3) is 0 Å². The maximum absolute atomic E-state index is 6.23. The van der Waals surface area contributed by atoms with E-state index in [1.807, 2.05) is 13.1 Å². The van der Waals surface area contributed by atoms with Crippen LogP contribution in [0.2, 0.25) is 5.02 Å². The molecule has 2 heteroatoms. The first-order valence-electron chi connectivity index (χ1n) is 5.68. The van der Waals surface area contributed by atoms with Gasteiger partial charge in [-0.2, -0.15) is 0 Å². The number of hydrogen-bond acceptors (Lipinski definition) is 1. The van der Waals surface area contributed by atoms with Crippen molar-refractivity contribution >= 4 is 11.6 Å². The molecule has 0 aromatic heterocycles. The van der Waals surface area contributed by atoms with E-state index in [-0.39, 0.29) is 0 Å². The van der Waals surface area contributed by atoms with Gasteiger partial charge in [-0.1, -0.05) is 23.7 Å². The third-order valence-corrected chi connectivity index (χ3v) is 3.91. The minimum absolute atomic E-state index is 0.530. The molecule has 1 aliphatic carbocycles. The normalized spacial score (nSPS) is 22.2. The van der Waals surface area contributed by atoms with Crippen molar-refractivity contribution in [3.63, 3.8) is 0 Å². The molecule has 0 bridgehead atoms. The molecule has 2 atom stereocenters. The molecule has 0 radical (unpaired) electrons. The van der Waals surface area contributed by atoms with Gasteiger partial charge in [-0.3, -0.25) is 0 Å². The summed E-state index contributed by atoms with van der Waals surface area (Å²) in [7, 11) is 2.03. The molecule has 1 aliphatic rings. The summed E-state index contributed by atoms with van der Waals surface area (Å²) in [6.07, 6.45) is 3.67. The second-order valence-electron chi connectivity index (χ2n) is 4.38. The molecule has 1 nitrogen and oxygen atoms in total. The van der Waals surface area contributed by atoms with Crippen LogP contribution in [0.5, 0.6) is 0 Å².